The van der Waals surface area contributed by atoms with Gasteiger partial charge < -0.3 is 14.8 Å². The van der Waals surface area contributed by atoms with Crippen LogP contribution in [0.2, 0.25) is 0 Å². The van der Waals surface area contributed by atoms with E-state index in [2.05, 4.69) is 10.7 Å². The molecule has 0 saturated carbocycles. The molecule has 1 fully saturated rings. The van der Waals surface area contributed by atoms with E-state index < -0.39 is 12.1 Å². The number of benzene rings is 3. The minimum Gasteiger partial charge on any atom is -0.493 e. The predicted octanol–water partition coefficient (Wildman–Crippen LogP) is 3.03. The number of hydrazone groups is 1. The zero-order chi connectivity index (χ0) is 23.4. The SMILES string of the molecule is COc1ccc(/C=[N+]2\NC(=O)[C@H](NC(=O)c3cccc(C)c3)[C@H]2c2ccccc2)cc1OC. The summed E-state index contributed by atoms with van der Waals surface area (Å²) in [4.78, 5) is 25.9. The second kappa shape index (κ2) is 9.56. The van der Waals surface area contributed by atoms with Gasteiger partial charge in [-0.3, -0.25) is 9.59 Å². The fourth-order valence-corrected chi connectivity index (χ4v) is 3.94. The minimum atomic E-state index is -0.781. The molecule has 2 N–H and O–H groups in total. The number of nitrogens with one attached hydrogen (secondary N) is 2. The lowest BCUT2D eigenvalue weighted by molar-refractivity contribution is -0.596. The first kappa shape index (κ1) is 22.1. The lowest BCUT2D eigenvalue weighted by atomic mass is 9.99. The third-order valence-corrected chi connectivity index (χ3v) is 5.54. The van der Waals surface area contributed by atoms with E-state index in [9.17, 15) is 9.59 Å². The molecule has 4 rings (SSSR count). The van der Waals surface area contributed by atoms with Crippen molar-refractivity contribution in [3.8, 4) is 11.5 Å². The van der Waals surface area contributed by atoms with Gasteiger partial charge in [0.2, 0.25) is 12.3 Å². The van der Waals surface area contributed by atoms with Gasteiger partial charge in [-0.05, 0) is 37.3 Å². The Morgan fingerprint density at radius 3 is 2.42 bits per heavy atom. The van der Waals surface area contributed by atoms with Crippen LogP contribution < -0.4 is 20.2 Å². The molecule has 2 atom stereocenters. The molecular weight excluding hydrogens is 418 g/mol. The van der Waals surface area contributed by atoms with Crippen LogP contribution in [0.5, 0.6) is 11.5 Å². The van der Waals surface area contributed by atoms with Crippen molar-refractivity contribution in [3.63, 3.8) is 0 Å². The van der Waals surface area contributed by atoms with Crippen molar-refractivity contribution in [1.29, 1.82) is 0 Å². The number of nitrogens with zero attached hydrogens (tertiary/aromatic N) is 1. The molecular formula is C26H26N3O4+. The van der Waals surface area contributed by atoms with E-state index in [1.54, 1.807) is 37.1 Å². The normalized spacial score (nSPS) is 18.6. The average molecular weight is 445 g/mol. The second-order valence-corrected chi connectivity index (χ2v) is 7.80. The van der Waals surface area contributed by atoms with Gasteiger partial charge in [-0.25, -0.2) is 0 Å². The van der Waals surface area contributed by atoms with Crippen LogP contribution in [0.3, 0.4) is 0 Å². The molecule has 3 aromatic carbocycles. The number of rotatable bonds is 6. The molecule has 1 aliphatic heterocycles. The number of aryl methyl sites for hydroxylation is 1. The van der Waals surface area contributed by atoms with Gasteiger partial charge in [0.25, 0.3) is 5.91 Å². The molecule has 7 nitrogen and oxygen atoms in total. The van der Waals surface area contributed by atoms with Gasteiger partial charge >= 0.3 is 5.91 Å². The van der Waals surface area contributed by atoms with Crippen LogP contribution in [0.4, 0.5) is 0 Å². The highest BCUT2D eigenvalue weighted by molar-refractivity contribution is 5.98. The van der Waals surface area contributed by atoms with Crippen LogP contribution in [0.15, 0.2) is 72.8 Å². The third-order valence-electron chi connectivity index (χ3n) is 5.54. The van der Waals surface area contributed by atoms with E-state index in [1.165, 1.54) is 0 Å². The summed E-state index contributed by atoms with van der Waals surface area (Å²) in [5.41, 5.74) is 6.07. The Morgan fingerprint density at radius 1 is 0.970 bits per heavy atom. The molecule has 2 amide bonds. The summed E-state index contributed by atoms with van der Waals surface area (Å²) in [6.07, 6.45) is 1.82. The summed E-state index contributed by atoms with van der Waals surface area (Å²) in [6, 6.07) is 21.2. The van der Waals surface area contributed by atoms with Gasteiger partial charge in [0.05, 0.1) is 14.2 Å². The Kier molecular flexibility index (Phi) is 6.40. The quantitative estimate of drug-likeness (QED) is 0.573. The van der Waals surface area contributed by atoms with Crippen molar-refractivity contribution in [2.24, 2.45) is 0 Å². The highest BCUT2D eigenvalue weighted by Gasteiger charge is 2.47. The van der Waals surface area contributed by atoms with Gasteiger partial charge in [-0.15, -0.1) is 10.1 Å². The lowest BCUT2D eigenvalue weighted by Crippen LogP contribution is -2.42. The Hall–Kier alpha value is -4.13. The molecule has 7 heteroatoms. The summed E-state index contributed by atoms with van der Waals surface area (Å²) in [6.45, 7) is 1.92. The van der Waals surface area contributed by atoms with E-state index >= 15 is 0 Å². The maximum Gasteiger partial charge on any atom is 0.304 e. The van der Waals surface area contributed by atoms with Crippen LogP contribution in [-0.2, 0) is 4.79 Å². The van der Waals surface area contributed by atoms with E-state index in [0.717, 1.165) is 16.7 Å². The van der Waals surface area contributed by atoms with E-state index in [1.807, 2.05) is 67.7 Å². The predicted molar refractivity (Wildman–Crippen MR) is 125 cm³/mol. The number of amides is 2. The Morgan fingerprint density at radius 2 is 1.73 bits per heavy atom. The number of hydrazine groups is 1. The molecule has 1 aliphatic rings. The lowest BCUT2D eigenvalue weighted by Gasteiger charge is -2.15. The van der Waals surface area contributed by atoms with Crippen molar-refractivity contribution in [3.05, 3.63) is 95.1 Å². The van der Waals surface area contributed by atoms with E-state index in [-0.39, 0.29) is 11.8 Å². The highest BCUT2D eigenvalue weighted by Crippen LogP contribution is 2.29. The maximum atomic E-state index is 13.0. The molecule has 0 bridgehead atoms. The average Bonchev–Trinajstić information content (AvgIpc) is 3.13. The van der Waals surface area contributed by atoms with Crippen molar-refractivity contribution in [1.82, 2.24) is 10.7 Å². The Balaban J connectivity index is 1.70. The van der Waals surface area contributed by atoms with Crippen LogP contribution in [0, 0.1) is 6.92 Å². The van der Waals surface area contributed by atoms with Crippen LogP contribution in [0.1, 0.15) is 33.1 Å². The molecule has 0 radical (unpaired) electrons. The van der Waals surface area contributed by atoms with Crippen molar-refractivity contribution in [2.45, 2.75) is 19.0 Å². The van der Waals surface area contributed by atoms with E-state index in [4.69, 9.17) is 9.47 Å². The first-order valence-corrected chi connectivity index (χ1v) is 10.6. The van der Waals surface area contributed by atoms with Crippen LogP contribution in [0.25, 0.3) is 0 Å². The minimum absolute atomic E-state index is 0.290. The summed E-state index contributed by atoms with van der Waals surface area (Å²) in [5.74, 6) is 0.606. The van der Waals surface area contributed by atoms with Crippen molar-refractivity contribution >= 4 is 18.0 Å². The van der Waals surface area contributed by atoms with Crippen LogP contribution in [-0.4, -0.2) is 43.0 Å². The molecule has 0 unspecified atom stereocenters. The monoisotopic (exact) mass is 444 g/mol. The largest absolute Gasteiger partial charge is 0.493 e. The van der Waals surface area contributed by atoms with Gasteiger partial charge in [0.1, 0.15) is 0 Å². The van der Waals surface area contributed by atoms with Gasteiger partial charge in [-0.1, -0.05) is 48.0 Å². The zero-order valence-electron chi connectivity index (χ0n) is 18.7. The standard InChI is InChI=1S/C26H25N3O4/c1-17-8-7-11-20(14-17)25(30)27-23-24(19-9-5-4-6-10-19)29(28-26(23)31)16-18-12-13-21(32-2)22(15-18)33-3/h4-16,23-24H,1-3H3,(H-,27,28,30,31)/p+1/b29-16-/t23-,24-/m1/s1. The summed E-state index contributed by atoms with van der Waals surface area (Å²) < 4.78 is 12.4. The summed E-state index contributed by atoms with van der Waals surface area (Å²) in [7, 11) is 3.15. The molecule has 3 aromatic rings. The molecule has 1 saturated heterocycles. The summed E-state index contributed by atoms with van der Waals surface area (Å²) >= 11 is 0. The Labute approximate surface area is 192 Å². The number of hydrogen-bond acceptors (Lipinski definition) is 4. The summed E-state index contributed by atoms with van der Waals surface area (Å²) in [5, 5.41) is 2.92. The second-order valence-electron chi connectivity index (χ2n) is 7.80. The molecule has 1 heterocycles. The number of hydrogen-bond donors (Lipinski definition) is 2. The smallest absolute Gasteiger partial charge is 0.304 e. The maximum absolute atomic E-state index is 13.0. The fraction of sp³-hybridized carbons (Fsp3) is 0.192. The number of carbonyl (C=O) groups excluding carboxylic acids is 2. The molecule has 33 heavy (non-hydrogen) atoms. The van der Waals surface area contributed by atoms with Gasteiger partial charge in [0, 0.05) is 16.7 Å². The third kappa shape index (κ3) is 4.72. The number of carbonyl (C=O) groups is 2. The molecule has 0 aromatic heterocycles. The van der Waals surface area contributed by atoms with Crippen molar-refractivity contribution in [2.75, 3.05) is 14.2 Å². The molecule has 0 spiro atoms. The van der Waals surface area contributed by atoms with E-state index in [0.29, 0.717) is 17.1 Å². The first-order chi connectivity index (χ1) is 16.0. The number of ether oxygens (including phenoxy) is 2. The topological polar surface area (TPSA) is 79.7 Å². The number of methoxy groups -OCH3 is 2. The van der Waals surface area contributed by atoms with Crippen LogP contribution >= 0.6 is 0 Å². The zero-order valence-corrected chi connectivity index (χ0v) is 18.7. The Bertz CT molecular complexity index is 1210. The fourth-order valence-electron chi connectivity index (χ4n) is 3.94. The first-order valence-electron chi connectivity index (χ1n) is 10.6. The highest BCUT2D eigenvalue weighted by atomic mass is 16.5. The molecule has 0 aliphatic carbocycles. The van der Waals surface area contributed by atoms with Gasteiger partial charge in [-0.2, -0.15) is 0 Å². The van der Waals surface area contributed by atoms with Gasteiger partial charge in [0.15, 0.2) is 17.5 Å². The van der Waals surface area contributed by atoms with Crippen molar-refractivity contribution < 1.29 is 23.7 Å². The molecule has 168 valence electrons.